The molecule has 1 aromatic rings. The van der Waals surface area contributed by atoms with E-state index in [2.05, 4.69) is 13.8 Å². The molecule has 17 heavy (non-hydrogen) atoms. The van der Waals surface area contributed by atoms with E-state index in [9.17, 15) is 4.39 Å². The summed E-state index contributed by atoms with van der Waals surface area (Å²) in [6, 6.07) is 4.95. The second-order valence-corrected chi connectivity index (χ2v) is 6.14. The summed E-state index contributed by atoms with van der Waals surface area (Å²) >= 11 is 7.49. The van der Waals surface area contributed by atoms with Crippen molar-refractivity contribution < 1.29 is 4.39 Å². The van der Waals surface area contributed by atoms with E-state index in [1.54, 1.807) is 6.07 Å². The molecule has 1 nitrogen and oxygen atoms in total. The minimum Gasteiger partial charge on any atom is -0.327 e. The molecule has 0 spiro atoms. The summed E-state index contributed by atoms with van der Waals surface area (Å²) in [7, 11) is 0. The lowest BCUT2D eigenvalue weighted by molar-refractivity contribution is 0.623. The maximum Gasteiger partial charge on any atom is 0.142 e. The third-order valence-electron chi connectivity index (χ3n) is 2.65. The Bertz CT molecular complexity index is 359. The zero-order chi connectivity index (χ0) is 12.8. The molecule has 0 aromatic heterocycles. The Hall–Kier alpha value is -0.250. The molecular formula is C13H19ClFNS. The lowest BCUT2D eigenvalue weighted by atomic mass is 10.1. The van der Waals surface area contributed by atoms with Crippen LogP contribution in [0.25, 0.3) is 0 Å². The van der Waals surface area contributed by atoms with Crippen molar-refractivity contribution in [2.45, 2.75) is 38.0 Å². The van der Waals surface area contributed by atoms with Gasteiger partial charge in [0.05, 0.1) is 5.02 Å². The molecule has 0 saturated heterocycles. The lowest BCUT2D eigenvalue weighted by Gasteiger charge is -2.14. The molecule has 0 fully saturated rings. The molecule has 0 radical (unpaired) electrons. The highest BCUT2D eigenvalue weighted by atomic mass is 35.5. The van der Waals surface area contributed by atoms with Crippen LogP contribution in [-0.2, 0) is 6.42 Å². The molecule has 0 amide bonds. The SMILES string of the molecule is CCC(C)SCC(N)Cc1ccc(Cl)c(F)c1. The number of rotatable bonds is 6. The van der Waals surface area contributed by atoms with Crippen molar-refractivity contribution in [2.75, 3.05) is 5.75 Å². The van der Waals surface area contributed by atoms with Gasteiger partial charge in [-0.1, -0.05) is 31.5 Å². The first-order valence-electron chi connectivity index (χ1n) is 5.84. The van der Waals surface area contributed by atoms with Crippen LogP contribution >= 0.6 is 23.4 Å². The molecule has 2 N–H and O–H groups in total. The van der Waals surface area contributed by atoms with Gasteiger partial charge >= 0.3 is 0 Å². The highest BCUT2D eigenvalue weighted by Gasteiger charge is 2.08. The van der Waals surface area contributed by atoms with E-state index < -0.39 is 0 Å². The van der Waals surface area contributed by atoms with E-state index in [4.69, 9.17) is 17.3 Å². The number of hydrogen-bond donors (Lipinski definition) is 1. The average Bonchev–Trinajstić information content (AvgIpc) is 2.31. The second kappa shape index (κ2) is 7.24. The van der Waals surface area contributed by atoms with Crippen LogP contribution in [0.1, 0.15) is 25.8 Å². The van der Waals surface area contributed by atoms with Crippen molar-refractivity contribution in [1.29, 1.82) is 0 Å². The zero-order valence-electron chi connectivity index (χ0n) is 10.2. The van der Waals surface area contributed by atoms with E-state index in [-0.39, 0.29) is 16.9 Å². The maximum absolute atomic E-state index is 13.2. The highest BCUT2D eigenvalue weighted by molar-refractivity contribution is 7.99. The van der Waals surface area contributed by atoms with Gasteiger partial charge in [-0.2, -0.15) is 11.8 Å². The molecule has 0 bridgehead atoms. The fraction of sp³-hybridized carbons (Fsp3) is 0.538. The summed E-state index contributed by atoms with van der Waals surface area (Å²) in [6.07, 6.45) is 1.84. The van der Waals surface area contributed by atoms with Gasteiger partial charge in [0.2, 0.25) is 0 Å². The number of thioether (sulfide) groups is 1. The van der Waals surface area contributed by atoms with E-state index in [0.717, 1.165) is 17.7 Å². The Morgan fingerprint density at radius 3 is 2.76 bits per heavy atom. The number of hydrogen-bond acceptors (Lipinski definition) is 2. The minimum atomic E-state index is -0.369. The van der Waals surface area contributed by atoms with Crippen molar-refractivity contribution in [3.05, 3.63) is 34.6 Å². The third kappa shape index (κ3) is 5.28. The highest BCUT2D eigenvalue weighted by Crippen LogP contribution is 2.18. The van der Waals surface area contributed by atoms with Gasteiger partial charge in [-0.05, 0) is 30.5 Å². The molecule has 96 valence electrons. The third-order valence-corrected chi connectivity index (χ3v) is 4.48. The van der Waals surface area contributed by atoms with Gasteiger partial charge in [-0.25, -0.2) is 4.39 Å². The molecule has 0 aliphatic rings. The molecule has 0 heterocycles. The van der Waals surface area contributed by atoms with E-state index in [0.29, 0.717) is 11.7 Å². The summed E-state index contributed by atoms with van der Waals surface area (Å²) in [5, 5.41) is 0.791. The Morgan fingerprint density at radius 2 is 2.18 bits per heavy atom. The molecule has 2 unspecified atom stereocenters. The fourth-order valence-corrected chi connectivity index (χ4v) is 2.48. The summed E-state index contributed by atoms with van der Waals surface area (Å²) < 4.78 is 13.2. The van der Waals surface area contributed by atoms with Crippen LogP contribution in [0.4, 0.5) is 4.39 Å². The average molecular weight is 276 g/mol. The fourth-order valence-electron chi connectivity index (χ4n) is 1.43. The molecule has 1 aromatic carbocycles. The Labute approximate surface area is 112 Å². The predicted molar refractivity (Wildman–Crippen MR) is 75.3 cm³/mol. The van der Waals surface area contributed by atoms with Gasteiger partial charge in [0.15, 0.2) is 0 Å². The van der Waals surface area contributed by atoms with Gasteiger partial charge in [0.25, 0.3) is 0 Å². The van der Waals surface area contributed by atoms with Crippen LogP contribution in [0, 0.1) is 5.82 Å². The minimum absolute atomic E-state index is 0.0644. The standard InChI is InChI=1S/C13H19ClFNS/c1-3-9(2)17-8-11(16)6-10-4-5-12(14)13(15)7-10/h4-5,7,9,11H,3,6,8,16H2,1-2H3. The summed E-state index contributed by atoms with van der Waals surface area (Å²) in [5.74, 6) is 0.533. The van der Waals surface area contributed by atoms with Crippen molar-refractivity contribution in [3.8, 4) is 0 Å². The van der Waals surface area contributed by atoms with E-state index in [1.807, 2.05) is 17.8 Å². The Morgan fingerprint density at radius 1 is 1.47 bits per heavy atom. The zero-order valence-corrected chi connectivity index (χ0v) is 11.8. The normalized spacial score (nSPS) is 14.6. The van der Waals surface area contributed by atoms with Gasteiger partial charge < -0.3 is 5.73 Å². The van der Waals surface area contributed by atoms with E-state index >= 15 is 0 Å². The van der Waals surface area contributed by atoms with Gasteiger partial charge in [0.1, 0.15) is 5.82 Å². The van der Waals surface area contributed by atoms with Gasteiger partial charge in [-0.15, -0.1) is 0 Å². The van der Waals surface area contributed by atoms with Crippen LogP contribution in [-0.4, -0.2) is 17.0 Å². The first-order valence-corrected chi connectivity index (χ1v) is 7.26. The Kier molecular flexibility index (Phi) is 6.31. The molecule has 0 aliphatic carbocycles. The smallest absolute Gasteiger partial charge is 0.142 e. The van der Waals surface area contributed by atoms with Crippen LogP contribution in [0.2, 0.25) is 5.02 Å². The van der Waals surface area contributed by atoms with Crippen LogP contribution < -0.4 is 5.73 Å². The van der Waals surface area contributed by atoms with E-state index in [1.165, 1.54) is 6.07 Å². The van der Waals surface area contributed by atoms with Crippen molar-refractivity contribution >= 4 is 23.4 Å². The first-order chi connectivity index (χ1) is 8.02. The van der Waals surface area contributed by atoms with Crippen LogP contribution in [0.5, 0.6) is 0 Å². The topological polar surface area (TPSA) is 26.0 Å². The second-order valence-electron chi connectivity index (χ2n) is 4.26. The quantitative estimate of drug-likeness (QED) is 0.853. The molecule has 4 heteroatoms. The van der Waals surface area contributed by atoms with Crippen molar-refractivity contribution in [3.63, 3.8) is 0 Å². The molecule has 0 saturated carbocycles. The largest absolute Gasteiger partial charge is 0.327 e. The van der Waals surface area contributed by atoms with Crippen molar-refractivity contribution in [2.24, 2.45) is 5.73 Å². The van der Waals surface area contributed by atoms with Gasteiger partial charge in [0, 0.05) is 17.0 Å². The molecule has 2 atom stereocenters. The monoisotopic (exact) mass is 275 g/mol. The molecule has 1 rings (SSSR count). The summed E-state index contributed by atoms with van der Waals surface area (Å²) in [6.45, 7) is 4.36. The predicted octanol–water partition coefficient (Wildman–Crippen LogP) is 3.88. The first kappa shape index (κ1) is 14.8. The lowest BCUT2D eigenvalue weighted by Crippen LogP contribution is -2.26. The maximum atomic E-state index is 13.2. The molecular weight excluding hydrogens is 257 g/mol. The number of benzene rings is 1. The number of nitrogens with two attached hydrogens (primary N) is 1. The van der Waals surface area contributed by atoms with Crippen LogP contribution in [0.15, 0.2) is 18.2 Å². The van der Waals surface area contributed by atoms with Crippen molar-refractivity contribution in [1.82, 2.24) is 0 Å². The molecule has 0 aliphatic heterocycles. The van der Waals surface area contributed by atoms with Crippen LogP contribution in [0.3, 0.4) is 0 Å². The number of halogens is 2. The summed E-state index contributed by atoms with van der Waals surface area (Å²) in [4.78, 5) is 0. The van der Waals surface area contributed by atoms with Gasteiger partial charge in [-0.3, -0.25) is 0 Å². The summed E-state index contributed by atoms with van der Waals surface area (Å²) in [5.41, 5.74) is 6.93. The Balaban J connectivity index is 2.44.